The molecule has 1 aromatic carbocycles. The second-order valence-electron chi connectivity index (χ2n) is 6.31. The first-order valence-electron chi connectivity index (χ1n) is 7.80. The van der Waals surface area contributed by atoms with Gasteiger partial charge in [-0.05, 0) is 69.0 Å². The second kappa shape index (κ2) is 5.57. The number of hydrogen-bond donors (Lipinski definition) is 1. The Bertz CT molecular complexity index is 504. The van der Waals surface area contributed by atoms with E-state index in [4.69, 9.17) is 0 Å². The van der Waals surface area contributed by atoms with Crippen LogP contribution in [0.3, 0.4) is 0 Å². The molecule has 0 spiro atoms. The number of nitrogens with zero attached hydrogens (tertiary/aromatic N) is 1. The Morgan fingerprint density at radius 2 is 2.10 bits per heavy atom. The molecular weight excluding hydrogens is 248 g/mol. The highest BCUT2D eigenvalue weighted by molar-refractivity contribution is 6.00. The Morgan fingerprint density at radius 3 is 2.85 bits per heavy atom. The van der Waals surface area contributed by atoms with Gasteiger partial charge in [0.2, 0.25) is 0 Å². The number of rotatable bonds is 3. The lowest BCUT2D eigenvalue weighted by molar-refractivity contribution is 0.0779. The molecule has 2 aliphatic heterocycles. The molecular formula is C17H24N2O. The van der Waals surface area contributed by atoms with Crippen LogP contribution in [0.4, 0.5) is 5.69 Å². The Morgan fingerprint density at radius 1 is 1.35 bits per heavy atom. The molecule has 1 N–H and O–H groups in total. The Balaban J connectivity index is 1.72. The van der Waals surface area contributed by atoms with Crippen LogP contribution in [0.25, 0.3) is 0 Å². The van der Waals surface area contributed by atoms with Gasteiger partial charge in [0, 0.05) is 17.8 Å². The van der Waals surface area contributed by atoms with Gasteiger partial charge >= 0.3 is 0 Å². The number of Topliss-reactive ketones (excluding diaryl/α,β-unsaturated/α-hetero) is 1. The minimum Gasteiger partial charge on any atom is -0.384 e. The molecule has 20 heavy (non-hydrogen) atoms. The summed E-state index contributed by atoms with van der Waals surface area (Å²) in [5, 5.41) is 3.34. The van der Waals surface area contributed by atoms with E-state index in [0.717, 1.165) is 37.5 Å². The van der Waals surface area contributed by atoms with Gasteiger partial charge in [-0.25, -0.2) is 0 Å². The molecule has 0 aliphatic carbocycles. The normalized spacial score (nSPS) is 21.3. The predicted molar refractivity (Wildman–Crippen MR) is 82.4 cm³/mol. The number of benzene rings is 1. The molecule has 108 valence electrons. The van der Waals surface area contributed by atoms with Crippen molar-refractivity contribution < 1.29 is 4.79 Å². The molecule has 0 aromatic heterocycles. The zero-order valence-electron chi connectivity index (χ0n) is 12.5. The maximum atomic E-state index is 12.7. The number of carbonyl (C=O) groups excluding carboxylic acids is 1. The van der Waals surface area contributed by atoms with E-state index in [1.807, 2.05) is 6.07 Å². The topological polar surface area (TPSA) is 32.3 Å². The molecule has 2 heterocycles. The lowest BCUT2D eigenvalue weighted by Crippen LogP contribution is -2.43. The number of piperidine rings is 1. The summed E-state index contributed by atoms with van der Waals surface area (Å²) in [5.74, 6) is 1.08. The number of hydrogen-bond acceptors (Lipinski definition) is 3. The van der Waals surface area contributed by atoms with E-state index >= 15 is 0 Å². The van der Waals surface area contributed by atoms with E-state index in [1.165, 1.54) is 24.1 Å². The van der Waals surface area contributed by atoms with E-state index < -0.39 is 0 Å². The minimum absolute atomic E-state index is 0.00918. The monoisotopic (exact) mass is 272 g/mol. The van der Waals surface area contributed by atoms with Gasteiger partial charge in [0.1, 0.15) is 0 Å². The number of carbonyl (C=O) groups is 1. The zero-order chi connectivity index (χ0) is 14.1. The van der Waals surface area contributed by atoms with Crippen molar-refractivity contribution in [2.45, 2.75) is 39.2 Å². The van der Waals surface area contributed by atoms with E-state index in [-0.39, 0.29) is 11.8 Å². The molecule has 0 bridgehead atoms. The molecule has 3 heteroatoms. The fourth-order valence-electron chi connectivity index (χ4n) is 3.28. The van der Waals surface area contributed by atoms with E-state index in [1.54, 1.807) is 0 Å². The van der Waals surface area contributed by atoms with Gasteiger partial charge in [0.25, 0.3) is 0 Å². The molecule has 2 aliphatic rings. The van der Waals surface area contributed by atoms with Crippen molar-refractivity contribution in [3.8, 4) is 0 Å². The van der Waals surface area contributed by atoms with Crippen molar-refractivity contribution in [3.05, 3.63) is 29.3 Å². The van der Waals surface area contributed by atoms with Crippen LogP contribution in [-0.2, 0) is 6.42 Å². The Kier molecular flexibility index (Phi) is 3.79. The molecule has 1 unspecified atom stereocenters. The molecule has 1 atom stereocenters. The Hall–Kier alpha value is -1.35. The average molecular weight is 272 g/mol. The standard InChI is InChI=1S/C17H24N2O/c1-12-6-9-19(10-7-12)13(2)17(20)15-3-4-16-14(11-15)5-8-18-16/h3-4,11-13,18H,5-10H2,1-2H3. The van der Waals surface area contributed by atoms with Gasteiger partial charge in [-0.15, -0.1) is 0 Å². The van der Waals surface area contributed by atoms with Crippen LogP contribution in [0.1, 0.15) is 42.6 Å². The van der Waals surface area contributed by atoms with Crippen molar-refractivity contribution in [1.29, 1.82) is 0 Å². The molecule has 1 fully saturated rings. The van der Waals surface area contributed by atoms with Crippen LogP contribution in [0.5, 0.6) is 0 Å². The molecule has 3 nitrogen and oxygen atoms in total. The van der Waals surface area contributed by atoms with Gasteiger partial charge < -0.3 is 5.32 Å². The predicted octanol–water partition coefficient (Wildman–Crippen LogP) is 2.96. The first kappa shape index (κ1) is 13.6. The fraction of sp³-hybridized carbons (Fsp3) is 0.588. The molecule has 1 saturated heterocycles. The van der Waals surface area contributed by atoms with Crippen LogP contribution in [0.2, 0.25) is 0 Å². The summed E-state index contributed by atoms with van der Waals surface area (Å²) in [6, 6.07) is 6.12. The highest BCUT2D eigenvalue weighted by Crippen LogP contribution is 2.25. The van der Waals surface area contributed by atoms with Crippen molar-refractivity contribution in [2.75, 3.05) is 25.0 Å². The summed E-state index contributed by atoms with van der Waals surface area (Å²) < 4.78 is 0. The number of nitrogens with one attached hydrogen (secondary N) is 1. The lowest BCUT2D eigenvalue weighted by atomic mass is 9.95. The smallest absolute Gasteiger partial charge is 0.179 e. The number of likely N-dealkylation sites (tertiary alicyclic amines) is 1. The Labute approximate surface area is 121 Å². The summed E-state index contributed by atoms with van der Waals surface area (Å²) in [4.78, 5) is 15.0. The third-order valence-corrected chi connectivity index (χ3v) is 4.84. The maximum absolute atomic E-state index is 12.7. The van der Waals surface area contributed by atoms with Crippen molar-refractivity contribution in [3.63, 3.8) is 0 Å². The summed E-state index contributed by atoms with van der Waals surface area (Å²) in [6.07, 6.45) is 3.46. The van der Waals surface area contributed by atoms with Crippen molar-refractivity contribution in [1.82, 2.24) is 4.90 Å². The number of fused-ring (bicyclic) bond motifs is 1. The van der Waals surface area contributed by atoms with Gasteiger partial charge in [0.15, 0.2) is 5.78 Å². The first-order chi connectivity index (χ1) is 9.65. The van der Waals surface area contributed by atoms with Crippen LogP contribution in [0, 0.1) is 5.92 Å². The van der Waals surface area contributed by atoms with Gasteiger partial charge in [-0.3, -0.25) is 9.69 Å². The molecule has 0 saturated carbocycles. The van der Waals surface area contributed by atoms with E-state index in [2.05, 4.69) is 36.2 Å². The maximum Gasteiger partial charge on any atom is 0.179 e. The quantitative estimate of drug-likeness (QED) is 0.859. The molecule has 3 rings (SSSR count). The average Bonchev–Trinajstić information content (AvgIpc) is 2.94. The van der Waals surface area contributed by atoms with Crippen LogP contribution < -0.4 is 5.32 Å². The zero-order valence-corrected chi connectivity index (χ0v) is 12.5. The lowest BCUT2D eigenvalue weighted by Gasteiger charge is -2.34. The van der Waals surface area contributed by atoms with Gasteiger partial charge in [0.05, 0.1) is 6.04 Å². The summed E-state index contributed by atoms with van der Waals surface area (Å²) >= 11 is 0. The molecule has 1 aromatic rings. The first-order valence-corrected chi connectivity index (χ1v) is 7.80. The van der Waals surface area contributed by atoms with E-state index in [9.17, 15) is 4.79 Å². The fourth-order valence-corrected chi connectivity index (χ4v) is 3.28. The molecule has 0 amide bonds. The third kappa shape index (κ3) is 2.59. The number of anilines is 1. The highest BCUT2D eigenvalue weighted by atomic mass is 16.1. The largest absolute Gasteiger partial charge is 0.384 e. The number of ketones is 1. The summed E-state index contributed by atoms with van der Waals surface area (Å²) in [5.41, 5.74) is 3.36. The third-order valence-electron chi connectivity index (χ3n) is 4.84. The summed E-state index contributed by atoms with van der Waals surface area (Å²) in [6.45, 7) is 7.47. The van der Waals surface area contributed by atoms with Gasteiger partial charge in [-0.1, -0.05) is 6.92 Å². The van der Waals surface area contributed by atoms with Crippen molar-refractivity contribution in [2.24, 2.45) is 5.92 Å². The molecule has 0 radical (unpaired) electrons. The van der Waals surface area contributed by atoms with Crippen LogP contribution in [-0.4, -0.2) is 36.4 Å². The summed E-state index contributed by atoms with van der Waals surface area (Å²) in [7, 11) is 0. The van der Waals surface area contributed by atoms with E-state index in [0.29, 0.717) is 0 Å². The minimum atomic E-state index is 0.00918. The van der Waals surface area contributed by atoms with Crippen molar-refractivity contribution >= 4 is 11.5 Å². The van der Waals surface area contributed by atoms with Crippen LogP contribution >= 0.6 is 0 Å². The highest BCUT2D eigenvalue weighted by Gasteiger charge is 2.26. The second-order valence-corrected chi connectivity index (χ2v) is 6.31. The van der Waals surface area contributed by atoms with Gasteiger partial charge in [-0.2, -0.15) is 0 Å². The van der Waals surface area contributed by atoms with Crippen LogP contribution in [0.15, 0.2) is 18.2 Å². The SMILES string of the molecule is CC1CCN(C(C)C(=O)c2ccc3c(c2)CCN3)CC1.